The van der Waals surface area contributed by atoms with Crippen molar-refractivity contribution in [3.63, 3.8) is 0 Å². The number of nitrogens with zero attached hydrogens (tertiary/aromatic N) is 2. The fraction of sp³-hybridized carbons (Fsp3) is 0.444. The monoisotopic (exact) mass is 246 g/mol. The van der Waals surface area contributed by atoms with Gasteiger partial charge in [0.2, 0.25) is 10.0 Å². The van der Waals surface area contributed by atoms with Crippen molar-refractivity contribution in [1.82, 2.24) is 9.29 Å². The van der Waals surface area contributed by atoms with Crippen LogP contribution in [0.5, 0.6) is 0 Å². The first kappa shape index (κ1) is 10.9. The summed E-state index contributed by atoms with van der Waals surface area (Å²) in [6.07, 6.45) is 3.27. The molecule has 0 amide bonds. The second kappa shape index (κ2) is 4.08. The Balaban J connectivity index is 2.36. The fourth-order valence-corrected chi connectivity index (χ4v) is 3.39. The van der Waals surface area contributed by atoms with Crippen molar-refractivity contribution in [1.29, 1.82) is 0 Å². The summed E-state index contributed by atoms with van der Waals surface area (Å²) in [6, 6.07) is 2.86. The van der Waals surface area contributed by atoms with E-state index in [1.807, 2.05) is 0 Å². The molecule has 0 aliphatic carbocycles. The summed E-state index contributed by atoms with van der Waals surface area (Å²) < 4.78 is 25.5. The van der Waals surface area contributed by atoms with Crippen LogP contribution in [0.15, 0.2) is 23.2 Å². The maximum absolute atomic E-state index is 12.0. The molecule has 2 heterocycles. The Morgan fingerprint density at radius 2 is 2.00 bits per heavy atom. The van der Waals surface area contributed by atoms with Gasteiger partial charge in [0.15, 0.2) is 0 Å². The Morgan fingerprint density at radius 3 is 2.60 bits per heavy atom. The van der Waals surface area contributed by atoms with E-state index < -0.39 is 10.0 Å². The van der Waals surface area contributed by atoms with Gasteiger partial charge in [-0.25, -0.2) is 13.4 Å². The molecular formula is C9H11ClN2O2S. The predicted molar refractivity (Wildman–Crippen MR) is 57.2 cm³/mol. The van der Waals surface area contributed by atoms with E-state index in [-0.39, 0.29) is 10.0 Å². The molecule has 15 heavy (non-hydrogen) atoms. The minimum absolute atomic E-state index is 0.204. The Kier molecular flexibility index (Phi) is 2.95. The summed E-state index contributed by atoms with van der Waals surface area (Å²) in [5.41, 5.74) is 0. The van der Waals surface area contributed by atoms with Gasteiger partial charge in [0.1, 0.15) is 5.15 Å². The van der Waals surface area contributed by atoms with E-state index in [1.54, 1.807) is 0 Å². The van der Waals surface area contributed by atoms with Crippen LogP contribution in [0.25, 0.3) is 0 Å². The summed E-state index contributed by atoms with van der Waals surface area (Å²) >= 11 is 5.66. The lowest BCUT2D eigenvalue weighted by Gasteiger charge is -2.15. The Labute approximate surface area is 93.9 Å². The van der Waals surface area contributed by atoms with E-state index in [4.69, 9.17) is 11.6 Å². The molecule has 1 fully saturated rings. The first-order valence-electron chi connectivity index (χ1n) is 4.72. The van der Waals surface area contributed by atoms with Crippen molar-refractivity contribution in [2.45, 2.75) is 17.7 Å². The number of aromatic nitrogens is 1. The number of rotatable bonds is 2. The van der Waals surface area contributed by atoms with E-state index in [1.165, 1.54) is 22.6 Å². The van der Waals surface area contributed by atoms with Crippen molar-refractivity contribution >= 4 is 21.6 Å². The Bertz CT molecular complexity index is 455. The van der Waals surface area contributed by atoms with Crippen molar-refractivity contribution in [2.75, 3.05) is 13.1 Å². The number of sulfonamides is 1. The van der Waals surface area contributed by atoms with Gasteiger partial charge in [0, 0.05) is 19.3 Å². The van der Waals surface area contributed by atoms with Crippen LogP contribution in [-0.4, -0.2) is 30.8 Å². The Hall–Kier alpha value is -0.650. The van der Waals surface area contributed by atoms with Crippen LogP contribution in [0.3, 0.4) is 0 Å². The molecule has 0 saturated carbocycles. The highest BCUT2D eigenvalue weighted by atomic mass is 35.5. The molecule has 1 aromatic heterocycles. The zero-order valence-electron chi connectivity index (χ0n) is 8.06. The molecule has 1 aromatic rings. The van der Waals surface area contributed by atoms with Crippen LogP contribution in [0.4, 0.5) is 0 Å². The van der Waals surface area contributed by atoms with Gasteiger partial charge in [-0.2, -0.15) is 4.31 Å². The van der Waals surface area contributed by atoms with Crippen LogP contribution in [0.1, 0.15) is 12.8 Å². The molecule has 0 N–H and O–H groups in total. The molecule has 0 atom stereocenters. The highest BCUT2D eigenvalue weighted by Gasteiger charge is 2.27. The lowest BCUT2D eigenvalue weighted by atomic mass is 10.4. The summed E-state index contributed by atoms with van der Waals surface area (Å²) in [5.74, 6) is 0. The molecule has 1 aliphatic rings. The van der Waals surface area contributed by atoms with E-state index in [0.29, 0.717) is 13.1 Å². The SMILES string of the molecule is O=S(=O)(c1ccnc(Cl)c1)N1CCCC1. The summed E-state index contributed by atoms with van der Waals surface area (Å²) in [7, 11) is -3.35. The standard InChI is InChI=1S/C9H11ClN2O2S/c10-9-7-8(3-4-11-9)15(13,14)12-5-1-2-6-12/h3-4,7H,1-2,5-6H2. The van der Waals surface area contributed by atoms with E-state index >= 15 is 0 Å². The number of hydrogen-bond donors (Lipinski definition) is 0. The summed E-state index contributed by atoms with van der Waals surface area (Å²) in [4.78, 5) is 3.99. The van der Waals surface area contributed by atoms with Crippen molar-refractivity contribution in [2.24, 2.45) is 0 Å². The molecule has 0 radical (unpaired) electrons. The lowest BCUT2D eigenvalue weighted by molar-refractivity contribution is 0.477. The second-order valence-electron chi connectivity index (χ2n) is 3.43. The second-order valence-corrected chi connectivity index (χ2v) is 5.75. The maximum atomic E-state index is 12.0. The van der Waals surface area contributed by atoms with Gasteiger partial charge >= 0.3 is 0 Å². The number of hydrogen-bond acceptors (Lipinski definition) is 3. The largest absolute Gasteiger partial charge is 0.244 e. The number of pyridine rings is 1. The Morgan fingerprint density at radius 1 is 1.33 bits per heavy atom. The molecular weight excluding hydrogens is 236 g/mol. The average Bonchev–Trinajstić information content (AvgIpc) is 2.71. The van der Waals surface area contributed by atoms with Crippen LogP contribution in [-0.2, 0) is 10.0 Å². The van der Waals surface area contributed by atoms with E-state index in [0.717, 1.165) is 12.8 Å². The zero-order chi connectivity index (χ0) is 10.9. The van der Waals surface area contributed by atoms with Crippen LogP contribution in [0, 0.1) is 0 Å². The van der Waals surface area contributed by atoms with Gasteiger partial charge in [0.25, 0.3) is 0 Å². The first-order valence-corrected chi connectivity index (χ1v) is 6.54. The smallest absolute Gasteiger partial charge is 0.243 e. The van der Waals surface area contributed by atoms with E-state index in [2.05, 4.69) is 4.98 Å². The minimum Gasteiger partial charge on any atom is -0.244 e. The van der Waals surface area contributed by atoms with Gasteiger partial charge < -0.3 is 0 Å². The van der Waals surface area contributed by atoms with Gasteiger partial charge in [-0.1, -0.05) is 11.6 Å². The highest BCUT2D eigenvalue weighted by molar-refractivity contribution is 7.89. The van der Waals surface area contributed by atoms with Crippen LogP contribution in [0.2, 0.25) is 5.15 Å². The number of halogens is 1. The molecule has 6 heteroatoms. The average molecular weight is 247 g/mol. The third-order valence-electron chi connectivity index (χ3n) is 2.40. The van der Waals surface area contributed by atoms with Crippen molar-refractivity contribution in [3.05, 3.63) is 23.5 Å². The normalized spacial score (nSPS) is 18.2. The fourth-order valence-electron chi connectivity index (χ4n) is 1.62. The quantitative estimate of drug-likeness (QED) is 0.744. The molecule has 0 unspecified atom stereocenters. The van der Waals surface area contributed by atoms with Crippen LogP contribution >= 0.6 is 11.6 Å². The van der Waals surface area contributed by atoms with Crippen LogP contribution < -0.4 is 0 Å². The molecule has 1 saturated heterocycles. The minimum atomic E-state index is -3.35. The predicted octanol–water partition coefficient (Wildman–Crippen LogP) is 1.52. The van der Waals surface area contributed by atoms with Gasteiger partial charge in [-0.15, -0.1) is 0 Å². The molecule has 0 spiro atoms. The lowest BCUT2D eigenvalue weighted by Crippen LogP contribution is -2.27. The van der Waals surface area contributed by atoms with Crippen molar-refractivity contribution < 1.29 is 8.42 Å². The molecule has 1 aliphatic heterocycles. The third kappa shape index (κ3) is 2.14. The summed E-state index contributed by atoms with van der Waals surface area (Å²) in [5, 5.41) is 0.204. The summed E-state index contributed by atoms with van der Waals surface area (Å²) in [6.45, 7) is 1.20. The maximum Gasteiger partial charge on any atom is 0.243 e. The molecule has 0 aromatic carbocycles. The van der Waals surface area contributed by atoms with Gasteiger partial charge in [-0.05, 0) is 25.0 Å². The zero-order valence-corrected chi connectivity index (χ0v) is 9.63. The molecule has 4 nitrogen and oxygen atoms in total. The first-order chi connectivity index (χ1) is 7.10. The molecule has 0 bridgehead atoms. The van der Waals surface area contributed by atoms with Gasteiger partial charge in [0.05, 0.1) is 4.90 Å². The third-order valence-corrected chi connectivity index (χ3v) is 4.50. The van der Waals surface area contributed by atoms with E-state index in [9.17, 15) is 8.42 Å². The van der Waals surface area contributed by atoms with Crippen molar-refractivity contribution in [3.8, 4) is 0 Å². The highest BCUT2D eigenvalue weighted by Crippen LogP contribution is 2.21. The topological polar surface area (TPSA) is 50.3 Å². The molecule has 2 rings (SSSR count). The van der Waals surface area contributed by atoms with Gasteiger partial charge in [-0.3, -0.25) is 0 Å². The molecule has 82 valence electrons.